The van der Waals surface area contributed by atoms with Crippen LogP contribution in [0, 0.1) is 0 Å². The van der Waals surface area contributed by atoms with Crippen molar-refractivity contribution in [1.82, 2.24) is 9.97 Å². The van der Waals surface area contributed by atoms with Gasteiger partial charge in [0.05, 0.1) is 4.88 Å². The Bertz CT molecular complexity index is 1080. The first-order chi connectivity index (χ1) is 13.8. The molecule has 2 aromatic heterocycles. The van der Waals surface area contributed by atoms with Crippen LogP contribution in [0.15, 0.2) is 67.1 Å². The molecule has 0 aliphatic carbocycles. The number of rotatable bonds is 8. The van der Waals surface area contributed by atoms with E-state index in [1.807, 2.05) is 48.9 Å². The van der Waals surface area contributed by atoms with Crippen LogP contribution in [0.4, 0.5) is 10.8 Å². The molecule has 0 saturated carbocycles. The molecule has 0 radical (unpaired) electrons. The molecular weight excluding hydrogens is 368 g/mol. The van der Waals surface area contributed by atoms with Gasteiger partial charge in [-0.3, -0.25) is 9.78 Å². The smallest absolute Gasteiger partial charge is 0.211 e. The number of carbonyl (C=O) groups excluding carboxylic acids is 1. The van der Waals surface area contributed by atoms with Crippen LogP contribution in [0.1, 0.15) is 12.0 Å². The Morgan fingerprint density at radius 2 is 1.89 bits per heavy atom. The molecular formula is C22H20N4OS. The Kier molecular flexibility index (Phi) is 5.58. The van der Waals surface area contributed by atoms with Crippen molar-refractivity contribution >= 4 is 39.3 Å². The van der Waals surface area contributed by atoms with Gasteiger partial charge in [0.2, 0.25) is 6.41 Å². The van der Waals surface area contributed by atoms with E-state index in [0.29, 0.717) is 6.41 Å². The van der Waals surface area contributed by atoms with Crippen molar-refractivity contribution in [3.05, 3.63) is 72.7 Å². The van der Waals surface area contributed by atoms with Crippen molar-refractivity contribution in [2.75, 3.05) is 17.2 Å². The third-order valence-corrected chi connectivity index (χ3v) is 5.53. The molecule has 4 aromatic rings. The number of carbonyl (C=O) groups is 1. The minimum atomic E-state index is 0.691. The predicted octanol–water partition coefficient (Wildman–Crippen LogP) is 4.97. The average molecular weight is 388 g/mol. The van der Waals surface area contributed by atoms with Gasteiger partial charge in [0, 0.05) is 36.2 Å². The summed E-state index contributed by atoms with van der Waals surface area (Å²) in [5.41, 5.74) is 3.24. The monoisotopic (exact) mass is 388 g/mol. The molecule has 1 amide bonds. The Morgan fingerprint density at radius 3 is 2.75 bits per heavy atom. The van der Waals surface area contributed by atoms with Gasteiger partial charge in [-0.2, -0.15) is 0 Å². The fourth-order valence-electron chi connectivity index (χ4n) is 3.05. The number of aromatic nitrogens is 2. The van der Waals surface area contributed by atoms with Crippen LogP contribution in [0.25, 0.3) is 21.2 Å². The molecule has 28 heavy (non-hydrogen) atoms. The van der Waals surface area contributed by atoms with Crippen LogP contribution >= 0.6 is 11.3 Å². The highest BCUT2D eigenvalue weighted by Gasteiger charge is 2.05. The number of hydrogen-bond acceptors (Lipinski definition) is 5. The van der Waals surface area contributed by atoms with Gasteiger partial charge >= 0.3 is 0 Å². The summed E-state index contributed by atoms with van der Waals surface area (Å²) in [6, 6.07) is 16.3. The average Bonchev–Trinajstić information content (AvgIpc) is 3.21. The van der Waals surface area contributed by atoms with Gasteiger partial charge in [0.1, 0.15) is 0 Å². The number of aryl methyl sites for hydroxylation is 1. The molecule has 4 rings (SSSR count). The fourth-order valence-corrected chi connectivity index (χ4v) is 3.89. The minimum absolute atomic E-state index is 0.691. The van der Waals surface area contributed by atoms with E-state index in [9.17, 15) is 4.79 Å². The topological polar surface area (TPSA) is 66.9 Å². The second-order valence-electron chi connectivity index (χ2n) is 6.46. The Morgan fingerprint density at radius 1 is 1.00 bits per heavy atom. The van der Waals surface area contributed by atoms with Crippen LogP contribution in [0.2, 0.25) is 0 Å². The highest BCUT2D eigenvalue weighted by Crippen LogP contribution is 2.30. The summed E-state index contributed by atoms with van der Waals surface area (Å²) in [5.74, 6) is 0. The van der Waals surface area contributed by atoms with Crippen molar-refractivity contribution in [2.24, 2.45) is 0 Å². The van der Waals surface area contributed by atoms with Crippen LogP contribution in [0.3, 0.4) is 0 Å². The van der Waals surface area contributed by atoms with E-state index in [1.165, 1.54) is 16.5 Å². The Hall–Kier alpha value is -3.25. The molecule has 0 aliphatic rings. The third-order valence-electron chi connectivity index (χ3n) is 4.53. The molecule has 0 atom stereocenters. The molecule has 0 fully saturated rings. The van der Waals surface area contributed by atoms with Gasteiger partial charge in [-0.15, -0.1) is 0 Å². The first kappa shape index (κ1) is 18.1. The zero-order valence-corrected chi connectivity index (χ0v) is 16.1. The zero-order valence-electron chi connectivity index (χ0n) is 15.3. The lowest BCUT2D eigenvalue weighted by atomic mass is 10.1. The third kappa shape index (κ3) is 4.35. The number of nitrogens with one attached hydrogen (secondary N) is 2. The summed E-state index contributed by atoms with van der Waals surface area (Å²) in [5, 5.41) is 9.33. The first-order valence-corrected chi connectivity index (χ1v) is 9.96. The van der Waals surface area contributed by atoms with Crippen molar-refractivity contribution in [1.29, 1.82) is 0 Å². The number of benzene rings is 2. The highest BCUT2D eigenvalue weighted by atomic mass is 32.1. The molecule has 6 heteroatoms. The minimum Gasteiger partial charge on any atom is -0.361 e. The van der Waals surface area contributed by atoms with Gasteiger partial charge < -0.3 is 10.6 Å². The Balaban J connectivity index is 1.31. The summed E-state index contributed by atoms with van der Waals surface area (Å²) in [7, 11) is 0. The molecule has 0 bridgehead atoms. The molecule has 2 heterocycles. The molecule has 2 N–H and O–H groups in total. The second kappa shape index (κ2) is 8.63. The first-order valence-electron chi connectivity index (χ1n) is 9.15. The fraction of sp³-hybridized carbons (Fsp3) is 0.136. The summed E-state index contributed by atoms with van der Waals surface area (Å²) < 4.78 is 0. The predicted molar refractivity (Wildman–Crippen MR) is 116 cm³/mol. The van der Waals surface area contributed by atoms with Crippen molar-refractivity contribution < 1.29 is 4.79 Å². The van der Waals surface area contributed by atoms with Crippen molar-refractivity contribution in [3.8, 4) is 10.4 Å². The molecule has 0 aliphatic heterocycles. The van der Waals surface area contributed by atoms with Gasteiger partial charge in [-0.1, -0.05) is 35.6 Å². The van der Waals surface area contributed by atoms with Crippen molar-refractivity contribution in [2.45, 2.75) is 12.8 Å². The van der Waals surface area contributed by atoms with Crippen LogP contribution in [-0.4, -0.2) is 22.9 Å². The Labute approximate surface area is 167 Å². The van der Waals surface area contributed by atoms with Crippen LogP contribution in [-0.2, 0) is 11.2 Å². The van der Waals surface area contributed by atoms with E-state index in [0.717, 1.165) is 40.5 Å². The summed E-state index contributed by atoms with van der Waals surface area (Å²) >= 11 is 1.67. The standard InChI is InChI=1S/C22H20N4OS/c27-15-26-20-7-3-16(4-8-20)2-1-10-24-22-25-14-21(28-22)18-5-6-19-13-23-11-9-17(19)12-18/h3-9,11-15H,1-2,10H2,(H,24,25)(H,26,27). The number of fused-ring (bicyclic) bond motifs is 1. The van der Waals surface area contributed by atoms with E-state index < -0.39 is 0 Å². The van der Waals surface area contributed by atoms with Crippen LogP contribution < -0.4 is 10.6 Å². The summed E-state index contributed by atoms with van der Waals surface area (Å²) in [4.78, 5) is 20.2. The highest BCUT2D eigenvalue weighted by molar-refractivity contribution is 7.18. The number of hydrogen-bond donors (Lipinski definition) is 2. The lowest BCUT2D eigenvalue weighted by molar-refractivity contribution is -0.105. The number of anilines is 2. The van der Waals surface area contributed by atoms with E-state index in [1.54, 1.807) is 11.3 Å². The lowest BCUT2D eigenvalue weighted by Crippen LogP contribution is -2.02. The van der Waals surface area contributed by atoms with E-state index in [4.69, 9.17) is 0 Å². The molecule has 0 saturated heterocycles. The maximum atomic E-state index is 10.4. The molecule has 5 nitrogen and oxygen atoms in total. The maximum absolute atomic E-state index is 10.4. The zero-order chi connectivity index (χ0) is 19.2. The molecule has 140 valence electrons. The number of thiazole rings is 1. The number of amides is 1. The maximum Gasteiger partial charge on any atom is 0.211 e. The van der Waals surface area contributed by atoms with Crippen molar-refractivity contribution in [3.63, 3.8) is 0 Å². The second-order valence-corrected chi connectivity index (χ2v) is 7.49. The van der Waals surface area contributed by atoms with Gasteiger partial charge in [-0.05, 0) is 53.6 Å². The lowest BCUT2D eigenvalue weighted by Gasteiger charge is -2.04. The van der Waals surface area contributed by atoms with E-state index in [-0.39, 0.29) is 0 Å². The summed E-state index contributed by atoms with van der Waals surface area (Å²) in [6.45, 7) is 0.866. The van der Waals surface area contributed by atoms with Gasteiger partial charge in [-0.25, -0.2) is 4.98 Å². The van der Waals surface area contributed by atoms with Gasteiger partial charge in [0.25, 0.3) is 0 Å². The van der Waals surface area contributed by atoms with E-state index in [2.05, 4.69) is 38.8 Å². The molecule has 0 unspecified atom stereocenters. The summed E-state index contributed by atoms with van der Waals surface area (Å²) in [6.07, 6.45) is 8.30. The molecule has 2 aromatic carbocycles. The van der Waals surface area contributed by atoms with E-state index >= 15 is 0 Å². The van der Waals surface area contributed by atoms with Gasteiger partial charge in [0.15, 0.2) is 5.13 Å². The van der Waals surface area contributed by atoms with Crippen LogP contribution in [0.5, 0.6) is 0 Å². The normalized spacial score (nSPS) is 10.7. The number of pyridine rings is 1. The number of nitrogens with zero attached hydrogens (tertiary/aromatic N) is 2. The largest absolute Gasteiger partial charge is 0.361 e. The SMILES string of the molecule is O=CNc1ccc(CCCNc2ncc(-c3ccc4cnccc4c3)s2)cc1. The molecule has 0 spiro atoms. The quantitative estimate of drug-likeness (QED) is 0.330.